The molecule has 2 rings (SSSR count). The standard InChI is InChI=1S/C14H16F2N2O2/c1-18-12(19)8-7-11(13(18)20)17-9-14(15,16)10-5-3-2-4-6-10/h2-6,11,17H,7-9H2,1H3. The van der Waals surface area contributed by atoms with Gasteiger partial charge in [0.2, 0.25) is 11.8 Å². The van der Waals surface area contributed by atoms with Crippen molar-refractivity contribution in [2.24, 2.45) is 0 Å². The predicted octanol–water partition coefficient (Wildman–Crippen LogP) is 1.52. The van der Waals surface area contributed by atoms with Crippen LogP contribution in [0.25, 0.3) is 0 Å². The molecule has 0 bridgehead atoms. The number of piperidine rings is 1. The number of alkyl halides is 2. The number of imide groups is 1. The Kier molecular flexibility index (Phi) is 4.13. The zero-order valence-corrected chi connectivity index (χ0v) is 11.1. The van der Waals surface area contributed by atoms with E-state index in [0.717, 1.165) is 4.90 Å². The van der Waals surface area contributed by atoms with E-state index in [2.05, 4.69) is 5.32 Å². The van der Waals surface area contributed by atoms with Gasteiger partial charge in [0.15, 0.2) is 0 Å². The second-order valence-corrected chi connectivity index (χ2v) is 4.83. The molecule has 1 saturated heterocycles. The van der Waals surface area contributed by atoms with E-state index in [1.807, 2.05) is 0 Å². The Morgan fingerprint density at radius 2 is 1.95 bits per heavy atom. The first-order valence-electron chi connectivity index (χ1n) is 6.39. The Morgan fingerprint density at radius 1 is 1.30 bits per heavy atom. The molecule has 1 heterocycles. The third-order valence-electron chi connectivity index (χ3n) is 3.42. The first kappa shape index (κ1) is 14.6. The Labute approximate surface area is 115 Å². The van der Waals surface area contributed by atoms with E-state index in [9.17, 15) is 18.4 Å². The van der Waals surface area contributed by atoms with Gasteiger partial charge < -0.3 is 0 Å². The monoisotopic (exact) mass is 282 g/mol. The number of hydrogen-bond donors (Lipinski definition) is 1. The fourth-order valence-electron chi connectivity index (χ4n) is 2.14. The van der Waals surface area contributed by atoms with Gasteiger partial charge in [0.05, 0.1) is 12.6 Å². The van der Waals surface area contributed by atoms with Gasteiger partial charge in [0.1, 0.15) is 0 Å². The molecule has 1 atom stereocenters. The molecule has 0 spiro atoms. The number of nitrogens with zero attached hydrogens (tertiary/aromatic N) is 1. The van der Waals surface area contributed by atoms with E-state index in [-0.39, 0.29) is 24.3 Å². The second kappa shape index (κ2) is 5.66. The highest BCUT2D eigenvalue weighted by Gasteiger charge is 2.36. The van der Waals surface area contributed by atoms with Crippen molar-refractivity contribution in [1.29, 1.82) is 0 Å². The number of amides is 2. The summed E-state index contributed by atoms with van der Waals surface area (Å²) in [5.41, 5.74) is -0.0970. The molecular formula is C14H16F2N2O2. The van der Waals surface area contributed by atoms with Crippen LogP contribution in [0, 0.1) is 0 Å². The van der Waals surface area contributed by atoms with Gasteiger partial charge in [-0.1, -0.05) is 30.3 Å². The number of likely N-dealkylation sites (tertiary alicyclic amines) is 1. The lowest BCUT2D eigenvalue weighted by molar-refractivity contribution is -0.148. The first-order valence-corrected chi connectivity index (χ1v) is 6.39. The van der Waals surface area contributed by atoms with E-state index >= 15 is 0 Å². The van der Waals surface area contributed by atoms with Crippen LogP contribution >= 0.6 is 0 Å². The Hall–Kier alpha value is -1.82. The van der Waals surface area contributed by atoms with Crippen molar-refractivity contribution in [3.05, 3.63) is 35.9 Å². The van der Waals surface area contributed by atoms with Gasteiger partial charge in [0, 0.05) is 19.0 Å². The van der Waals surface area contributed by atoms with Gasteiger partial charge >= 0.3 is 0 Å². The molecule has 1 aliphatic heterocycles. The normalized spacial score (nSPS) is 20.4. The molecule has 6 heteroatoms. The lowest BCUT2D eigenvalue weighted by Gasteiger charge is -2.29. The minimum Gasteiger partial charge on any atom is -0.300 e. The molecule has 1 N–H and O–H groups in total. The smallest absolute Gasteiger partial charge is 0.285 e. The second-order valence-electron chi connectivity index (χ2n) is 4.83. The number of nitrogens with one attached hydrogen (secondary N) is 1. The largest absolute Gasteiger partial charge is 0.300 e. The van der Waals surface area contributed by atoms with E-state index in [1.165, 1.54) is 19.2 Å². The van der Waals surface area contributed by atoms with Crippen molar-refractivity contribution in [3.63, 3.8) is 0 Å². The number of carbonyl (C=O) groups excluding carboxylic acids is 2. The van der Waals surface area contributed by atoms with Crippen molar-refractivity contribution in [1.82, 2.24) is 10.2 Å². The van der Waals surface area contributed by atoms with Crippen LogP contribution in [0.15, 0.2) is 30.3 Å². The molecule has 1 aliphatic rings. The zero-order chi connectivity index (χ0) is 14.8. The summed E-state index contributed by atoms with van der Waals surface area (Å²) in [4.78, 5) is 24.1. The average Bonchev–Trinajstić information content (AvgIpc) is 2.45. The molecule has 0 radical (unpaired) electrons. The molecule has 20 heavy (non-hydrogen) atoms. The molecule has 0 aliphatic carbocycles. The summed E-state index contributed by atoms with van der Waals surface area (Å²) < 4.78 is 27.9. The lowest BCUT2D eigenvalue weighted by atomic mass is 10.0. The highest BCUT2D eigenvalue weighted by atomic mass is 19.3. The third kappa shape index (κ3) is 3.01. The maximum atomic E-state index is 14.0. The average molecular weight is 282 g/mol. The Bertz CT molecular complexity index is 505. The highest BCUT2D eigenvalue weighted by molar-refractivity contribution is 6.00. The zero-order valence-electron chi connectivity index (χ0n) is 11.1. The molecule has 1 fully saturated rings. The van der Waals surface area contributed by atoms with Gasteiger partial charge in [-0.05, 0) is 6.42 Å². The fourth-order valence-corrected chi connectivity index (χ4v) is 2.14. The molecule has 0 saturated carbocycles. The molecule has 4 nitrogen and oxygen atoms in total. The maximum absolute atomic E-state index is 14.0. The Balaban J connectivity index is 1.98. The van der Waals surface area contributed by atoms with Gasteiger partial charge in [-0.15, -0.1) is 0 Å². The van der Waals surface area contributed by atoms with E-state index < -0.39 is 24.4 Å². The summed E-state index contributed by atoms with van der Waals surface area (Å²) in [5.74, 6) is -3.78. The van der Waals surface area contributed by atoms with Crippen LogP contribution in [0.4, 0.5) is 8.78 Å². The molecule has 1 aromatic carbocycles. The van der Waals surface area contributed by atoms with Crippen molar-refractivity contribution in [2.45, 2.75) is 24.8 Å². The summed E-state index contributed by atoms with van der Waals surface area (Å²) in [6, 6.07) is 6.72. The van der Waals surface area contributed by atoms with Gasteiger partial charge in [-0.25, -0.2) is 0 Å². The summed E-state index contributed by atoms with van der Waals surface area (Å²) in [7, 11) is 1.37. The van der Waals surface area contributed by atoms with E-state index in [1.54, 1.807) is 18.2 Å². The van der Waals surface area contributed by atoms with Gasteiger partial charge in [0.25, 0.3) is 5.92 Å². The van der Waals surface area contributed by atoms with Crippen LogP contribution in [0.5, 0.6) is 0 Å². The van der Waals surface area contributed by atoms with Crippen LogP contribution < -0.4 is 5.32 Å². The molecule has 1 aromatic rings. The SMILES string of the molecule is CN1C(=O)CCC(NCC(F)(F)c2ccccc2)C1=O. The van der Waals surface area contributed by atoms with Crippen LogP contribution in [0.2, 0.25) is 0 Å². The number of carbonyl (C=O) groups is 2. The van der Waals surface area contributed by atoms with Crippen LogP contribution in [0.1, 0.15) is 18.4 Å². The lowest BCUT2D eigenvalue weighted by Crippen LogP contribution is -2.53. The summed E-state index contributed by atoms with van der Waals surface area (Å²) in [6.07, 6.45) is 0.448. The number of halogens is 2. The van der Waals surface area contributed by atoms with Crippen LogP contribution in [-0.2, 0) is 15.5 Å². The van der Waals surface area contributed by atoms with Crippen molar-refractivity contribution >= 4 is 11.8 Å². The van der Waals surface area contributed by atoms with Gasteiger partial charge in [-0.3, -0.25) is 19.8 Å². The highest BCUT2D eigenvalue weighted by Crippen LogP contribution is 2.27. The Morgan fingerprint density at radius 3 is 2.60 bits per heavy atom. The quantitative estimate of drug-likeness (QED) is 0.852. The fraction of sp³-hybridized carbons (Fsp3) is 0.429. The first-order chi connectivity index (χ1) is 9.42. The van der Waals surface area contributed by atoms with E-state index in [0.29, 0.717) is 0 Å². The summed E-state index contributed by atoms with van der Waals surface area (Å²) in [5, 5.41) is 2.57. The predicted molar refractivity (Wildman–Crippen MR) is 69.1 cm³/mol. The molecule has 2 amide bonds. The summed E-state index contributed by atoms with van der Waals surface area (Å²) >= 11 is 0. The number of hydrogen-bond acceptors (Lipinski definition) is 3. The van der Waals surface area contributed by atoms with E-state index in [4.69, 9.17) is 0 Å². The topological polar surface area (TPSA) is 49.4 Å². The number of benzene rings is 1. The molecule has 108 valence electrons. The molecule has 0 aromatic heterocycles. The minimum absolute atomic E-state index is 0.0970. The number of rotatable bonds is 4. The molecule has 1 unspecified atom stereocenters. The minimum atomic E-state index is -3.05. The van der Waals surface area contributed by atoms with Crippen molar-refractivity contribution < 1.29 is 18.4 Å². The van der Waals surface area contributed by atoms with Crippen molar-refractivity contribution in [2.75, 3.05) is 13.6 Å². The summed E-state index contributed by atoms with van der Waals surface area (Å²) in [6.45, 7) is -0.630. The third-order valence-corrected chi connectivity index (χ3v) is 3.42. The van der Waals surface area contributed by atoms with Crippen molar-refractivity contribution in [3.8, 4) is 0 Å². The maximum Gasteiger partial charge on any atom is 0.285 e. The van der Waals surface area contributed by atoms with Crippen LogP contribution in [-0.4, -0.2) is 36.3 Å². The molecular weight excluding hydrogens is 266 g/mol. The number of likely N-dealkylation sites (N-methyl/N-ethyl adjacent to an activating group) is 1. The van der Waals surface area contributed by atoms with Crippen LogP contribution in [0.3, 0.4) is 0 Å². The van der Waals surface area contributed by atoms with Gasteiger partial charge in [-0.2, -0.15) is 8.78 Å².